The van der Waals surface area contributed by atoms with Crippen LogP contribution in [0.5, 0.6) is 0 Å². The second kappa shape index (κ2) is 5.35. The van der Waals surface area contributed by atoms with E-state index in [0.29, 0.717) is 23.2 Å². The van der Waals surface area contributed by atoms with E-state index in [1.165, 1.54) is 6.07 Å². The van der Waals surface area contributed by atoms with Crippen LogP contribution >= 0.6 is 0 Å². The first-order chi connectivity index (χ1) is 8.90. The largest absolute Gasteiger partial charge is 0.399 e. The fourth-order valence-electron chi connectivity index (χ4n) is 3.04. The van der Waals surface area contributed by atoms with Gasteiger partial charge < -0.3 is 10.6 Å². The van der Waals surface area contributed by atoms with Crippen LogP contribution < -0.4 is 10.6 Å². The van der Waals surface area contributed by atoms with Gasteiger partial charge in [0, 0.05) is 29.5 Å². The third-order valence-corrected chi connectivity index (χ3v) is 4.19. The number of nitrogens with zero attached hydrogens (tertiary/aromatic N) is 1. The molecule has 106 valence electrons. The lowest BCUT2D eigenvalue weighted by atomic mass is 9.85. The molecule has 1 saturated heterocycles. The molecule has 0 bridgehead atoms. The summed E-state index contributed by atoms with van der Waals surface area (Å²) in [4.78, 5) is 2.11. The molecule has 1 aromatic carbocycles. The Morgan fingerprint density at radius 2 is 1.95 bits per heavy atom. The third kappa shape index (κ3) is 2.82. The van der Waals surface area contributed by atoms with Crippen LogP contribution in [0.4, 0.5) is 20.2 Å². The number of hydrogen-bond donors (Lipinski definition) is 1. The summed E-state index contributed by atoms with van der Waals surface area (Å²) in [5.41, 5.74) is 6.71. The van der Waals surface area contributed by atoms with Crippen LogP contribution in [-0.2, 0) is 0 Å². The molecule has 0 amide bonds. The van der Waals surface area contributed by atoms with E-state index >= 15 is 0 Å². The van der Waals surface area contributed by atoms with E-state index in [2.05, 4.69) is 25.7 Å². The molecule has 2 rings (SSSR count). The van der Waals surface area contributed by atoms with Crippen LogP contribution in [0.3, 0.4) is 0 Å². The molecule has 1 aliphatic rings. The van der Waals surface area contributed by atoms with Crippen molar-refractivity contribution in [1.82, 2.24) is 0 Å². The van der Waals surface area contributed by atoms with E-state index in [4.69, 9.17) is 5.73 Å². The maximum atomic E-state index is 13.2. The molecule has 1 heterocycles. The first-order valence-electron chi connectivity index (χ1n) is 6.84. The van der Waals surface area contributed by atoms with Crippen molar-refractivity contribution >= 4 is 11.4 Å². The predicted molar refractivity (Wildman–Crippen MR) is 75.6 cm³/mol. The lowest BCUT2D eigenvalue weighted by molar-refractivity contribution is 0.151. The smallest absolute Gasteiger partial charge is 0.265 e. The number of halogens is 2. The number of anilines is 2. The quantitative estimate of drug-likeness (QED) is 0.819. The first-order valence-corrected chi connectivity index (χ1v) is 6.84. The number of alkyl halides is 2. The van der Waals surface area contributed by atoms with Crippen LogP contribution in [0, 0.1) is 11.8 Å². The molecule has 2 N–H and O–H groups in total. The van der Waals surface area contributed by atoms with Gasteiger partial charge in [-0.15, -0.1) is 0 Å². The molecule has 19 heavy (non-hydrogen) atoms. The summed E-state index contributed by atoms with van der Waals surface area (Å²) in [7, 11) is 0. The van der Waals surface area contributed by atoms with Gasteiger partial charge in [-0.05, 0) is 43.4 Å². The maximum Gasteiger partial charge on any atom is 0.265 e. The van der Waals surface area contributed by atoms with E-state index in [1.54, 1.807) is 12.1 Å². The maximum absolute atomic E-state index is 13.2. The molecule has 1 aliphatic heterocycles. The Labute approximate surface area is 113 Å². The van der Waals surface area contributed by atoms with Gasteiger partial charge in [-0.25, -0.2) is 8.78 Å². The molecule has 0 aliphatic carbocycles. The highest BCUT2D eigenvalue weighted by Gasteiger charge is 2.31. The molecule has 0 aromatic heterocycles. The van der Waals surface area contributed by atoms with Crippen LogP contribution in [0.2, 0.25) is 0 Å². The molecule has 1 fully saturated rings. The molecule has 3 atom stereocenters. The fourth-order valence-corrected chi connectivity index (χ4v) is 3.04. The second-order valence-corrected chi connectivity index (χ2v) is 5.83. The zero-order valence-electron chi connectivity index (χ0n) is 11.7. The first kappa shape index (κ1) is 14.1. The Kier molecular flexibility index (Phi) is 3.97. The van der Waals surface area contributed by atoms with Crippen molar-refractivity contribution in [3.8, 4) is 0 Å². The van der Waals surface area contributed by atoms with E-state index in [1.807, 2.05) is 0 Å². The Hall–Kier alpha value is -1.32. The van der Waals surface area contributed by atoms with Crippen molar-refractivity contribution in [1.29, 1.82) is 0 Å². The Morgan fingerprint density at radius 1 is 1.26 bits per heavy atom. The average molecular weight is 268 g/mol. The number of piperidine rings is 1. The topological polar surface area (TPSA) is 29.3 Å². The number of hydrogen-bond acceptors (Lipinski definition) is 2. The highest BCUT2D eigenvalue weighted by atomic mass is 19.3. The number of benzene rings is 1. The summed E-state index contributed by atoms with van der Waals surface area (Å²) in [6, 6.07) is 5.12. The van der Waals surface area contributed by atoms with Crippen molar-refractivity contribution in [2.24, 2.45) is 11.8 Å². The zero-order chi connectivity index (χ0) is 14.2. The van der Waals surface area contributed by atoms with Crippen LogP contribution in [0.1, 0.15) is 39.2 Å². The predicted octanol–water partition coefficient (Wildman–Crippen LogP) is 4.08. The summed E-state index contributed by atoms with van der Waals surface area (Å²) in [6.07, 6.45) is -1.34. The monoisotopic (exact) mass is 268 g/mol. The molecule has 4 heteroatoms. The molecule has 1 aromatic rings. The van der Waals surface area contributed by atoms with Crippen molar-refractivity contribution < 1.29 is 8.78 Å². The Balaban J connectivity index is 2.39. The van der Waals surface area contributed by atoms with Crippen LogP contribution in [0.25, 0.3) is 0 Å². The minimum absolute atomic E-state index is 0.0492. The van der Waals surface area contributed by atoms with Gasteiger partial charge in [-0.3, -0.25) is 0 Å². The zero-order valence-corrected chi connectivity index (χ0v) is 11.7. The van der Waals surface area contributed by atoms with Crippen LogP contribution in [0.15, 0.2) is 18.2 Å². The van der Waals surface area contributed by atoms with E-state index in [9.17, 15) is 8.78 Å². The molecule has 0 saturated carbocycles. The van der Waals surface area contributed by atoms with Gasteiger partial charge in [-0.2, -0.15) is 0 Å². The van der Waals surface area contributed by atoms with Gasteiger partial charge >= 0.3 is 0 Å². The molecule has 2 nitrogen and oxygen atoms in total. The molecular weight excluding hydrogens is 246 g/mol. The summed E-state index contributed by atoms with van der Waals surface area (Å²) < 4.78 is 26.4. The lowest BCUT2D eigenvalue weighted by Crippen LogP contribution is -2.46. The molecular formula is C15H22F2N2. The van der Waals surface area contributed by atoms with Gasteiger partial charge in [-0.1, -0.05) is 13.8 Å². The Morgan fingerprint density at radius 3 is 2.58 bits per heavy atom. The summed E-state index contributed by atoms with van der Waals surface area (Å²) in [5.74, 6) is 1.03. The van der Waals surface area contributed by atoms with Gasteiger partial charge in [0.05, 0.1) is 0 Å². The average Bonchev–Trinajstić information content (AvgIpc) is 2.34. The summed E-state index contributed by atoms with van der Waals surface area (Å²) in [6.45, 7) is 7.30. The van der Waals surface area contributed by atoms with Gasteiger partial charge in [0.15, 0.2) is 0 Å². The second-order valence-electron chi connectivity index (χ2n) is 5.83. The van der Waals surface area contributed by atoms with Gasteiger partial charge in [0.25, 0.3) is 6.43 Å². The SMILES string of the molecule is CC1CC(C)C(C)N(c2ccc(N)cc2C(F)F)C1. The van der Waals surface area contributed by atoms with Crippen molar-refractivity contribution in [2.75, 3.05) is 17.2 Å². The summed E-state index contributed by atoms with van der Waals surface area (Å²) in [5, 5.41) is 0. The van der Waals surface area contributed by atoms with Crippen molar-refractivity contribution in [3.05, 3.63) is 23.8 Å². The highest BCUT2D eigenvalue weighted by molar-refractivity contribution is 5.61. The van der Waals surface area contributed by atoms with Crippen molar-refractivity contribution in [3.63, 3.8) is 0 Å². The third-order valence-electron chi connectivity index (χ3n) is 4.19. The van der Waals surface area contributed by atoms with Gasteiger partial charge in [0.1, 0.15) is 0 Å². The van der Waals surface area contributed by atoms with E-state index in [-0.39, 0.29) is 11.6 Å². The molecule has 0 spiro atoms. The molecule has 0 radical (unpaired) electrons. The number of rotatable bonds is 2. The number of nitrogen functional groups attached to an aromatic ring is 1. The van der Waals surface area contributed by atoms with Gasteiger partial charge in [0.2, 0.25) is 0 Å². The van der Waals surface area contributed by atoms with E-state index < -0.39 is 6.43 Å². The van der Waals surface area contributed by atoms with Crippen LogP contribution in [-0.4, -0.2) is 12.6 Å². The van der Waals surface area contributed by atoms with E-state index in [0.717, 1.165) is 13.0 Å². The lowest BCUT2D eigenvalue weighted by Gasteiger charge is -2.43. The standard InChI is InChI=1S/C15H22F2N2/c1-9-6-10(2)11(3)19(8-9)14-5-4-12(18)7-13(14)15(16)17/h4-5,7,9-11,15H,6,8,18H2,1-3H3. The minimum atomic E-state index is -2.49. The summed E-state index contributed by atoms with van der Waals surface area (Å²) >= 11 is 0. The fraction of sp³-hybridized carbons (Fsp3) is 0.600. The molecule has 3 unspecified atom stereocenters. The minimum Gasteiger partial charge on any atom is -0.399 e. The Bertz CT molecular complexity index is 448. The number of nitrogens with two attached hydrogens (primary N) is 1. The highest BCUT2D eigenvalue weighted by Crippen LogP contribution is 2.37. The normalized spacial score (nSPS) is 27.9. The van der Waals surface area contributed by atoms with Crippen molar-refractivity contribution in [2.45, 2.75) is 39.7 Å².